The van der Waals surface area contributed by atoms with E-state index in [1.165, 1.54) is 19.2 Å². The third-order valence-electron chi connectivity index (χ3n) is 5.51. The van der Waals surface area contributed by atoms with Gasteiger partial charge < -0.3 is 21.1 Å². The van der Waals surface area contributed by atoms with Crippen LogP contribution in [0.15, 0.2) is 60.7 Å². The van der Waals surface area contributed by atoms with E-state index < -0.39 is 11.8 Å². The van der Waals surface area contributed by atoms with Crippen molar-refractivity contribution in [3.8, 4) is 16.9 Å². The van der Waals surface area contributed by atoms with E-state index >= 15 is 0 Å². The van der Waals surface area contributed by atoms with Gasteiger partial charge in [0.25, 0.3) is 17.7 Å². The van der Waals surface area contributed by atoms with Crippen molar-refractivity contribution in [1.82, 2.24) is 10.8 Å². The second-order valence-corrected chi connectivity index (χ2v) is 8.66. The maximum Gasteiger partial charge on any atom is 0.275 e. The van der Waals surface area contributed by atoms with Crippen molar-refractivity contribution in [3.63, 3.8) is 0 Å². The molecule has 0 aliphatic carbocycles. The van der Waals surface area contributed by atoms with Crippen LogP contribution in [-0.2, 0) is 0 Å². The molecule has 3 aromatic rings. The van der Waals surface area contributed by atoms with Gasteiger partial charge in [0.2, 0.25) is 0 Å². The number of nitrogens with one attached hydrogen (secondary N) is 4. The van der Waals surface area contributed by atoms with Crippen LogP contribution in [0.4, 0.5) is 5.69 Å². The third kappa shape index (κ3) is 6.50. The molecule has 0 aliphatic heterocycles. The van der Waals surface area contributed by atoms with E-state index in [2.05, 4.69) is 10.6 Å². The number of rotatable bonds is 9. The summed E-state index contributed by atoms with van der Waals surface area (Å²) >= 11 is 0. The number of ether oxygens (including phenoxy) is 1. The Kier molecular flexibility index (Phi) is 8.59. The summed E-state index contributed by atoms with van der Waals surface area (Å²) in [7, 11) is 1.46. The SMILES string of the molecule is COc1ccc(-c2ccc(C(=O)NCC(C)C)cc2C(=O)NO)c(C(=O)Nc2ccc(C(=N)N)cc2)c1. The van der Waals surface area contributed by atoms with Crippen molar-refractivity contribution in [2.24, 2.45) is 11.7 Å². The lowest BCUT2D eigenvalue weighted by molar-refractivity contribution is 0.0707. The number of amidine groups is 1. The molecule has 192 valence electrons. The molecule has 3 aromatic carbocycles. The molecule has 3 amide bonds. The van der Waals surface area contributed by atoms with Crippen LogP contribution in [0.3, 0.4) is 0 Å². The van der Waals surface area contributed by atoms with E-state index in [1.807, 2.05) is 13.8 Å². The molecule has 10 nitrogen and oxygen atoms in total. The predicted molar refractivity (Wildman–Crippen MR) is 140 cm³/mol. The minimum atomic E-state index is -0.837. The highest BCUT2D eigenvalue weighted by molar-refractivity contribution is 6.12. The topological polar surface area (TPSA) is 167 Å². The van der Waals surface area contributed by atoms with Gasteiger partial charge >= 0.3 is 0 Å². The van der Waals surface area contributed by atoms with Gasteiger partial charge in [-0.2, -0.15) is 0 Å². The minimum Gasteiger partial charge on any atom is -0.497 e. The molecule has 0 aromatic heterocycles. The predicted octanol–water partition coefficient (Wildman–Crippen LogP) is 3.40. The van der Waals surface area contributed by atoms with E-state index in [1.54, 1.807) is 54.0 Å². The first-order chi connectivity index (χ1) is 17.6. The number of hydrogen-bond donors (Lipinski definition) is 6. The normalized spacial score (nSPS) is 10.5. The Morgan fingerprint density at radius 3 is 2.05 bits per heavy atom. The smallest absolute Gasteiger partial charge is 0.275 e. The average Bonchev–Trinajstić information content (AvgIpc) is 2.90. The summed E-state index contributed by atoms with van der Waals surface area (Å²) in [4.78, 5) is 38.5. The van der Waals surface area contributed by atoms with Gasteiger partial charge in [-0.05, 0) is 71.6 Å². The van der Waals surface area contributed by atoms with Gasteiger partial charge in [0.05, 0.1) is 18.2 Å². The van der Waals surface area contributed by atoms with Crippen LogP contribution in [-0.4, -0.2) is 42.4 Å². The first-order valence-electron chi connectivity index (χ1n) is 11.5. The summed E-state index contributed by atoms with van der Waals surface area (Å²) in [6.07, 6.45) is 0. The fraction of sp³-hybridized carbons (Fsp3) is 0.185. The zero-order valence-electron chi connectivity index (χ0n) is 20.7. The molecule has 37 heavy (non-hydrogen) atoms. The Labute approximate surface area is 214 Å². The van der Waals surface area contributed by atoms with Crippen LogP contribution in [0.1, 0.15) is 50.5 Å². The summed E-state index contributed by atoms with van der Waals surface area (Å²) in [5.41, 5.74) is 9.21. The van der Waals surface area contributed by atoms with Crippen molar-refractivity contribution in [2.45, 2.75) is 13.8 Å². The summed E-state index contributed by atoms with van der Waals surface area (Å²) in [5.74, 6) is -1.13. The van der Waals surface area contributed by atoms with Gasteiger partial charge in [-0.15, -0.1) is 0 Å². The first kappa shape index (κ1) is 26.9. The minimum absolute atomic E-state index is 0.00437. The van der Waals surface area contributed by atoms with E-state index in [9.17, 15) is 19.6 Å². The third-order valence-corrected chi connectivity index (χ3v) is 5.51. The first-order valence-corrected chi connectivity index (χ1v) is 11.5. The fourth-order valence-electron chi connectivity index (χ4n) is 3.57. The van der Waals surface area contributed by atoms with Crippen LogP contribution in [0.25, 0.3) is 11.1 Å². The number of carbonyl (C=O) groups is 3. The Balaban J connectivity index is 2.05. The highest BCUT2D eigenvalue weighted by Crippen LogP contribution is 2.32. The van der Waals surface area contributed by atoms with Crippen molar-refractivity contribution in [3.05, 3.63) is 82.9 Å². The number of amides is 3. The molecule has 0 spiro atoms. The molecule has 0 saturated carbocycles. The van der Waals surface area contributed by atoms with Crippen LogP contribution in [0.2, 0.25) is 0 Å². The van der Waals surface area contributed by atoms with Crippen LogP contribution in [0.5, 0.6) is 5.75 Å². The maximum absolute atomic E-state index is 13.3. The molecule has 0 saturated heterocycles. The Morgan fingerprint density at radius 2 is 1.49 bits per heavy atom. The standard InChI is InChI=1S/C27H29N5O5/c1-15(2)14-30-25(33)17-6-10-20(22(12-17)27(35)32-36)21-11-9-19(37-3)13-23(21)26(34)31-18-7-4-16(5-8-18)24(28)29/h4-13,15,36H,14H2,1-3H3,(H3,28,29)(H,30,33)(H,31,34)(H,32,35). The van der Waals surface area contributed by atoms with Gasteiger partial charge in [0, 0.05) is 23.4 Å². The monoisotopic (exact) mass is 503 g/mol. The molecular weight excluding hydrogens is 474 g/mol. The molecule has 0 bridgehead atoms. The lowest BCUT2D eigenvalue weighted by Crippen LogP contribution is -2.28. The molecule has 3 rings (SSSR count). The van der Waals surface area contributed by atoms with Crippen molar-refractivity contribution in [2.75, 3.05) is 19.0 Å². The second-order valence-electron chi connectivity index (χ2n) is 8.66. The number of carbonyl (C=O) groups excluding carboxylic acids is 3. The Hall–Kier alpha value is -4.70. The van der Waals surface area contributed by atoms with Gasteiger partial charge in [0.15, 0.2) is 0 Å². The van der Waals surface area contributed by atoms with Crippen molar-refractivity contribution < 1.29 is 24.3 Å². The number of nitrogen functional groups attached to an aromatic ring is 1. The van der Waals surface area contributed by atoms with E-state index in [0.29, 0.717) is 34.7 Å². The zero-order chi connectivity index (χ0) is 27.1. The molecule has 0 heterocycles. The molecule has 0 radical (unpaired) electrons. The van der Waals surface area contributed by atoms with Crippen molar-refractivity contribution >= 4 is 29.2 Å². The largest absolute Gasteiger partial charge is 0.497 e. The lowest BCUT2D eigenvalue weighted by Gasteiger charge is -2.16. The zero-order valence-corrected chi connectivity index (χ0v) is 20.7. The number of hydrogen-bond acceptors (Lipinski definition) is 6. The number of benzene rings is 3. The number of hydroxylamine groups is 1. The Morgan fingerprint density at radius 1 is 0.892 bits per heavy atom. The van der Waals surface area contributed by atoms with Crippen molar-refractivity contribution in [1.29, 1.82) is 5.41 Å². The summed E-state index contributed by atoms with van der Waals surface area (Å²) in [6.45, 7) is 4.38. The molecule has 10 heteroatoms. The number of methoxy groups -OCH3 is 1. The summed E-state index contributed by atoms with van der Waals surface area (Å²) in [6, 6.07) is 15.7. The van der Waals surface area contributed by atoms with Gasteiger partial charge in [-0.1, -0.05) is 19.9 Å². The van der Waals surface area contributed by atoms with Gasteiger partial charge in [0.1, 0.15) is 11.6 Å². The average molecular weight is 504 g/mol. The summed E-state index contributed by atoms with van der Waals surface area (Å²) < 4.78 is 5.29. The van der Waals surface area contributed by atoms with Crippen LogP contribution >= 0.6 is 0 Å². The second kappa shape index (κ2) is 11.8. The quantitative estimate of drug-likeness (QED) is 0.113. The van der Waals surface area contributed by atoms with E-state index in [4.69, 9.17) is 15.9 Å². The van der Waals surface area contributed by atoms with Gasteiger partial charge in [-0.25, -0.2) is 5.48 Å². The lowest BCUT2D eigenvalue weighted by atomic mass is 9.92. The Bertz CT molecular complexity index is 1340. The molecule has 0 unspecified atom stereocenters. The molecule has 7 N–H and O–H groups in total. The highest BCUT2D eigenvalue weighted by atomic mass is 16.5. The van der Waals surface area contributed by atoms with E-state index in [0.717, 1.165) is 0 Å². The van der Waals surface area contributed by atoms with Crippen LogP contribution in [0, 0.1) is 11.3 Å². The maximum atomic E-state index is 13.3. The highest BCUT2D eigenvalue weighted by Gasteiger charge is 2.21. The molecule has 0 aliphatic rings. The summed E-state index contributed by atoms with van der Waals surface area (Å²) in [5, 5.41) is 22.4. The number of anilines is 1. The fourth-order valence-corrected chi connectivity index (χ4v) is 3.57. The van der Waals surface area contributed by atoms with Gasteiger partial charge in [-0.3, -0.25) is 25.0 Å². The van der Waals surface area contributed by atoms with E-state index in [-0.39, 0.29) is 34.4 Å². The molecule has 0 fully saturated rings. The molecule has 0 atom stereocenters. The number of nitrogens with two attached hydrogens (primary N) is 1. The van der Waals surface area contributed by atoms with Crippen LogP contribution < -0.4 is 26.6 Å². The molecular formula is C27H29N5O5.